The molecule has 9 nitrogen and oxygen atoms in total. The maximum atomic E-state index is 13.4. The van der Waals surface area contributed by atoms with Gasteiger partial charge in [0.1, 0.15) is 19.0 Å². The molecule has 0 radical (unpaired) electrons. The van der Waals surface area contributed by atoms with Crippen LogP contribution in [-0.4, -0.2) is 87.2 Å². The van der Waals surface area contributed by atoms with Crippen molar-refractivity contribution in [2.45, 2.75) is 45.3 Å². The van der Waals surface area contributed by atoms with Crippen molar-refractivity contribution in [3.63, 3.8) is 0 Å². The van der Waals surface area contributed by atoms with Gasteiger partial charge in [0.15, 0.2) is 0 Å². The molecule has 1 aliphatic heterocycles. The van der Waals surface area contributed by atoms with Gasteiger partial charge in [0.2, 0.25) is 11.8 Å². The van der Waals surface area contributed by atoms with Crippen molar-refractivity contribution in [1.29, 1.82) is 0 Å². The number of benzene rings is 1. The van der Waals surface area contributed by atoms with E-state index >= 15 is 0 Å². The summed E-state index contributed by atoms with van der Waals surface area (Å²) in [5.41, 5.74) is 0.813. The smallest absolute Gasteiger partial charge is 0.257 e. The highest BCUT2D eigenvalue weighted by molar-refractivity contribution is 5.99. The van der Waals surface area contributed by atoms with Crippen molar-refractivity contribution in [1.82, 2.24) is 9.80 Å². The van der Waals surface area contributed by atoms with Gasteiger partial charge in [0.25, 0.3) is 5.91 Å². The average Bonchev–Trinajstić information content (AvgIpc) is 3.62. The summed E-state index contributed by atoms with van der Waals surface area (Å²) in [6, 6.07) is 4.80. The third-order valence-electron chi connectivity index (χ3n) is 6.48. The largest absolute Gasteiger partial charge is 0.491 e. The van der Waals surface area contributed by atoms with E-state index in [9.17, 15) is 14.4 Å². The Labute approximate surface area is 201 Å². The highest BCUT2D eigenvalue weighted by Crippen LogP contribution is 2.33. The van der Waals surface area contributed by atoms with Gasteiger partial charge in [0, 0.05) is 52.4 Å². The minimum Gasteiger partial charge on any atom is -0.491 e. The number of methoxy groups -OCH3 is 2. The Morgan fingerprint density at radius 3 is 2.56 bits per heavy atom. The molecular formula is C25H37N3O6. The molecule has 0 saturated heterocycles. The summed E-state index contributed by atoms with van der Waals surface area (Å²) in [7, 11) is 4.79. The molecule has 1 fully saturated rings. The zero-order valence-electron chi connectivity index (χ0n) is 20.8. The van der Waals surface area contributed by atoms with Crippen LogP contribution in [0, 0.1) is 11.8 Å². The van der Waals surface area contributed by atoms with Crippen LogP contribution in [0.3, 0.4) is 0 Å². The molecule has 1 aliphatic carbocycles. The number of hydrogen-bond donors (Lipinski definition) is 1. The second-order valence-electron chi connectivity index (χ2n) is 9.48. The molecule has 0 unspecified atom stereocenters. The Morgan fingerprint density at radius 1 is 1.18 bits per heavy atom. The predicted molar refractivity (Wildman–Crippen MR) is 128 cm³/mol. The molecule has 1 saturated carbocycles. The number of fused-ring (bicyclic) bond motifs is 1. The second kappa shape index (κ2) is 11.7. The first-order valence-electron chi connectivity index (χ1n) is 11.9. The van der Waals surface area contributed by atoms with Crippen molar-refractivity contribution < 1.29 is 28.6 Å². The van der Waals surface area contributed by atoms with E-state index in [2.05, 4.69) is 5.32 Å². The summed E-state index contributed by atoms with van der Waals surface area (Å²) in [4.78, 5) is 41.9. The van der Waals surface area contributed by atoms with E-state index in [4.69, 9.17) is 14.2 Å². The number of amides is 3. The average molecular weight is 476 g/mol. The van der Waals surface area contributed by atoms with Crippen molar-refractivity contribution in [3.05, 3.63) is 23.8 Å². The molecule has 3 atom stereocenters. The fourth-order valence-electron chi connectivity index (χ4n) is 4.22. The lowest BCUT2D eigenvalue weighted by Crippen LogP contribution is -2.48. The second-order valence-corrected chi connectivity index (χ2v) is 9.48. The number of carbonyl (C=O) groups excluding carboxylic acids is 3. The Bertz CT molecular complexity index is 887. The van der Waals surface area contributed by atoms with Crippen LogP contribution in [-0.2, 0) is 19.1 Å². The van der Waals surface area contributed by atoms with E-state index in [-0.39, 0.29) is 49.0 Å². The zero-order valence-corrected chi connectivity index (χ0v) is 20.8. The van der Waals surface area contributed by atoms with Gasteiger partial charge in [-0.15, -0.1) is 0 Å². The molecule has 0 spiro atoms. The fourth-order valence-corrected chi connectivity index (χ4v) is 4.22. The van der Waals surface area contributed by atoms with E-state index in [0.717, 1.165) is 12.8 Å². The van der Waals surface area contributed by atoms with Gasteiger partial charge in [-0.25, -0.2) is 0 Å². The molecule has 1 aromatic rings. The Balaban J connectivity index is 1.90. The third kappa shape index (κ3) is 6.70. The molecule has 3 rings (SSSR count). The van der Waals surface area contributed by atoms with E-state index in [1.807, 2.05) is 18.7 Å². The van der Waals surface area contributed by atoms with Crippen LogP contribution in [0.25, 0.3) is 0 Å². The predicted octanol–water partition coefficient (Wildman–Crippen LogP) is 2.40. The highest BCUT2D eigenvalue weighted by atomic mass is 16.5. The van der Waals surface area contributed by atoms with Crippen molar-refractivity contribution in [3.8, 4) is 5.75 Å². The summed E-state index contributed by atoms with van der Waals surface area (Å²) >= 11 is 0. The van der Waals surface area contributed by atoms with Gasteiger partial charge >= 0.3 is 0 Å². The molecule has 3 amide bonds. The van der Waals surface area contributed by atoms with Crippen molar-refractivity contribution >= 4 is 23.4 Å². The highest BCUT2D eigenvalue weighted by Gasteiger charge is 2.33. The third-order valence-corrected chi connectivity index (χ3v) is 6.48. The van der Waals surface area contributed by atoms with Crippen LogP contribution < -0.4 is 10.1 Å². The first kappa shape index (κ1) is 26.0. The lowest BCUT2D eigenvalue weighted by Gasteiger charge is -2.36. The van der Waals surface area contributed by atoms with E-state index < -0.39 is 0 Å². The molecule has 1 heterocycles. The number of anilines is 1. The normalized spacial score (nSPS) is 23.9. The van der Waals surface area contributed by atoms with Gasteiger partial charge in [-0.2, -0.15) is 0 Å². The van der Waals surface area contributed by atoms with Crippen LogP contribution in [0.1, 0.15) is 43.5 Å². The molecule has 188 valence electrons. The molecule has 1 aromatic carbocycles. The first-order valence-corrected chi connectivity index (χ1v) is 11.9. The van der Waals surface area contributed by atoms with E-state index in [1.165, 1.54) is 7.11 Å². The summed E-state index contributed by atoms with van der Waals surface area (Å²) in [6.45, 7) is 5.07. The number of likely N-dealkylation sites (N-methyl/N-ethyl adjacent to an activating group) is 1. The zero-order chi connectivity index (χ0) is 24.8. The van der Waals surface area contributed by atoms with Crippen LogP contribution in [0.5, 0.6) is 5.75 Å². The van der Waals surface area contributed by atoms with Crippen LogP contribution in [0.4, 0.5) is 5.69 Å². The summed E-state index contributed by atoms with van der Waals surface area (Å²) < 4.78 is 16.7. The first-order chi connectivity index (χ1) is 16.2. The van der Waals surface area contributed by atoms with Crippen molar-refractivity contribution in [2.24, 2.45) is 11.8 Å². The lowest BCUT2D eigenvalue weighted by atomic mass is 10.0. The molecular weight excluding hydrogens is 438 g/mol. The van der Waals surface area contributed by atoms with Crippen LogP contribution in [0.15, 0.2) is 18.2 Å². The number of carbonyl (C=O) groups is 3. The molecule has 9 heteroatoms. The lowest BCUT2D eigenvalue weighted by molar-refractivity contribution is -0.135. The maximum absolute atomic E-state index is 13.4. The maximum Gasteiger partial charge on any atom is 0.257 e. The number of hydrogen-bond acceptors (Lipinski definition) is 6. The topological polar surface area (TPSA) is 97.4 Å². The molecule has 1 N–H and O–H groups in total. The summed E-state index contributed by atoms with van der Waals surface area (Å²) in [6.07, 6.45) is 2.55. The van der Waals surface area contributed by atoms with Gasteiger partial charge < -0.3 is 29.3 Å². The molecule has 34 heavy (non-hydrogen) atoms. The van der Waals surface area contributed by atoms with Gasteiger partial charge in [-0.05, 0) is 43.9 Å². The van der Waals surface area contributed by atoms with Gasteiger partial charge in [-0.1, -0.05) is 6.92 Å². The number of ether oxygens (including phenoxy) is 3. The van der Waals surface area contributed by atoms with Crippen LogP contribution >= 0.6 is 0 Å². The Morgan fingerprint density at radius 2 is 1.91 bits per heavy atom. The van der Waals surface area contributed by atoms with E-state index in [0.29, 0.717) is 42.4 Å². The quantitative estimate of drug-likeness (QED) is 0.679. The number of nitrogens with zero attached hydrogens (tertiary/aromatic N) is 2. The standard InChI is InChI=1S/C25H37N3O6/c1-16-12-28(24(30)10-18-6-7-18)17(2)14-34-21-9-8-19(26-23(29)15-32-4)11-20(21)25(31)27(3)13-22(16)33-5/h8-9,11,16-18,22H,6-7,10,12-15H2,1-5H3,(H,26,29)/t16-,17+,22-/m1/s1. The Kier molecular flexibility index (Phi) is 8.90. The Hall–Kier alpha value is -2.65. The molecule has 0 bridgehead atoms. The summed E-state index contributed by atoms with van der Waals surface area (Å²) in [5, 5.41) is 2.73. The number of rotatable bonds is 6. The minimum absolute atomic E-state index is 0.0180. The molecule has 2 aliphatic rings. The SMILES string of the molecule is COCC(=O)Nc1ccc2c(c1)C(=O)N(C)C[C@@H](OC)[C@H](C)CN(C(=O)CC1CC1)[C@@H](C)CO2. The number of nitrogens with one attached hydrogen (secondary N) is 1. The fraction of sp³-hybridized carbons (Fsp3) is 0.640. The van der Waals surface area contributed by atoms with Gasteiger partial charge in [-0.3, -0.25) is 14.4 Å². The van der Waals surface area contributed by atoms with Gasteiger partial charge in [0.05, 0.1) is 17.7 Å². The monoisotopic (exact) mass is 475 g/mol. The van der Waals surface area contributed by atoms with Crippen molar-refractivity contribution in [2.75, 3.05) is 52.9 Å². The summed E-state index contributed by atoms with van der Waals surface area (Å²) in [5.74, 6) is 0.506. The van der Waals surface area contributed by atoms with Crippen LogP contribution in [0.2, 0.25) is 0 Å². The molecule has 0 aromatic heterocycles. The van der Waals surface area contributed by atoms with E-state index in [1.54, 1.807) is 37.3 Å². The minimum atomic E-state index is -0.316.